The molecule has 0 spiro atoms. The average Bonchev–Trinajstić information content (AvgIpc) is 2.61. The monoisotopic (exact) mass is 383 g/mol. The first-order valence-corrected chi connectivity index (χ1v) is 9.93. The highest BCUT2D eigenvalue weighted by Gasteiger charge is 2.28. The van der Waals surface area contributed by atoms with Gasteiger partial charge in [0.2, 0.25) is 10.0 Å². The number of carboxylic acids is 1. The van der Waals surface area contributed by atoms with Gasteiger partial charge in [-0.2, -0.15) is 4.31 Å². The lowest BCUT2D eigenvalue weighted by atomic mass is 9.99. The maximum atomic E-state index is 12.4. The summed E-state index contributed by atoms with van der Waals surface area (Å²) in [6, 6.07) is 5.39. The van der Waals surface area contributed by atoms with Crippen LogP contribution in [0.4, 0.5) is 10.5 Å². The number of hydrogen-bond donors (Lipinski definition) is 2. The van der Waals surface area contributed by atoms with Crippen LogP contribution in [0.2, 0.25) is 0 Å². The summed E-state index contributed by atoms with van der Waals surface area (Å²) in [7, 11) is -2.06. The van der Waals surface area contributed by atoms with Crippen molar-refractivity contribution in [3.63, 3.8) is 0 Å². The van der Waals surface area contributed by atoms with Crippen molar-refractivity contribution in [2.75, 3.05) is 25.5 Å². The third kappa shape index (κ3) is 4.53. The summed E-state index contributed by atoms with van der Waals surface area (Å²) >= 11 is 0. The lowest BCUT2D eigenvalue weighted by Crippen LogP contribution is -2.44. The zero-order valence-electron chi connectivity index (χ0n) is 15.2. The van der Waals surface area contributed by atoms with Crippen LogP contribution in [0, 0.1) is 5.92 Å². The van der Waals surface area contributed by atoms with E-state index in [1.54, 1.807) is 13.8 Å². The first-order chi connectivity index (χ1) is 12.1. The number of carbonyl (C=O) groups is 2. The van der Waals surface area contributed by atoms with Crippen LogP contribution >= 0.6 is 0 Å². The van der Waals surface area contributed by atoms with Crippen LogP contribution in [0.3, 0.4) is 0 Å². The molecule has 2 N–H and O–H groups in total. The third-order valence-electron chi connectivity index (χ3n) is 4.57. The first kappa shape index (κ1) is 20.2. The zero-order valence-corrected chi connectivity index (χ0v) is 16.0. The van der Waals surface area contributed by atoms with Crippen molar-refractivity contribution in [1.29, 1.82) is 0 Å². The van der Waals surface area contributed by atoms with E-state index in [1.807, 2.05) is 0 Å². The Morgan fingerprint density at radius 3 is 2.42 bits per heavy atom. The Bertz CT molecular complexity index is 761. The van der Waals surface area contributed by atoms with Crippen LogP contribution in [-0.2, 0) is 14.8 Å². The molecular weight excluding hydrogens is 358 g/mol. The first-order valence-electron chi connectivity index (χ1n) is 8.49. The van der Waals surface area contributed by atoms with Gasteiger partial charge in [-0.3, -0.25) is 4.79 Å². The lowest BCUT2D eigenvalue weighted by Gasteiger charge is -2.30. The average molecular weight is 383 g/mol. The highest BCUT2D eigenvalue weighted by Crippen LogP contribution is 2.21. The molecule has 1 atom stereocenters. The van der Waals surface area contributed by atoms with E-state index in [9.17, 15) is 18.0 Å². The van der Waals surface area contributed by atoms with Crippen molar-refractivity contribution in [3.8, 4) is 0 Å². The van der Waals surface area contributed by atoms with Crippen molar-refractivity contribution in [2.24, 2.45) is 5.92 Å². The van der Waals surface area contributed by atoms with E-state index >= 15 is 0 Å². The number of hydrogen-bond acceptors (Lipinski definition) is 4. The molecule has 1 unspecified atom stereocenters. The number of likely N-dealkylation sites (tertiary alicyclic amines) is 1. The smallest absolute Gasteiger partial charge is 0.321 e. The molecule has 8 nitrogen and oxygen atoms in total. The zero-order chi connectivity index (χ0) is 19.5. The summed E-state index contributed by atoms with van der Waals surface area (Å²) < 4.78 is 26.1. The standard InChI is InChI=1S/C17H25N3O5S/c1-12(2)19(3)26(24,25)15-8-6-14(7-9-15)18-17(23)20-10-4-5-13(11-20)16(21)22/h6-9,12-13H,4-5,10-11H2,1-3H3,(H,18,23)(H,21,22). The van der Waals surface area contributed by atoms with Gasteiger partial charge in [-0.15, -0.1) is 0 Å². The number of sulfonamides is 1. The number of anilines is 1. The summed E-state index contributed by atoms with van der Waals surface area (Å²) in [5, 5.41) is 11.8. The Hall–Kier alpha value is -2.13. The van der Waals surface area contributed by atoms with E-state index in [0.29, 0.717) is 25.1 Å². The Kier molecular flexibility index (Phi) is 6.25. The van der Waals surface area contributed by atoms with Gasteiger partial charge < -0.3 is 15.3 Å². The molecule has 9 heteroatoms. The van der Waals surface area contributed by atoms with Crippen LogP contribution in [0.1, 0.15) is 26.7 Å². The molecule has 1 aliphatic heterocycles. The fourth-order valence-corrected chi connectivity index (χ4v) is 4.09. The van der Waals surface area contributed by atoms with Gasteiger partial charge in [0.15, 0.2) is 0 Å². The number of rotatable bonds is 5. The molecule has 0 aromatic heterocycles. The number of piperidine rings is 1. The van der Waals surface area contributed by atoms with Crippen LogP contribution in [0.15, 0.2) is 29.2 Å². The van der Waals surface area contributed by atoms with E-state index in [2.05, 4.69) is 5.32 Å². The maximum Gasteiger partial charge on any atom is 0.321 e. The van der Waals surface area contributed by atoms with Gasteiger partial charge in [0.05, 0.1) is 10.8 Å². The molecule has 0 aliphatic carbocycles. The predicted octanol–water partition coefficient (Wildman–Crippen LogP) is 2.04. The number of amides is 2. The maximum absolute atomic E-state index is 12.4. The number of benzene rings is 1. The minimum Gasteiger partial charge on any atom is -0.481 e. The van der Waals surface area contributed by atoms with Crippen molar-refractivity contribution >= 4 is 27.7 Å². The second-order valence-corrected chi connectivity index (χ2v) is 8.69. The van der Waals surface area contributed by atoms with Crippen LogP contribution < -0.4 is 5.32 Å². The van der Waals surface area contributed by atoms with Gasteiger partial charge in [-0.05, 0) is 51.0 Å². The molecule has 2 amide bonds. The van der Waals surface area contributed by atoms with Crippen molar-refractivity contribution < 1.29 is 23.1 Å². The quantitative estimate of drug-likeness (QED) is 0.809. The summed E-state index contributed by atoms with van der Waals surface area (Å²) in [6.07, 6.45) is 1.21. The highest BCUT2D eigenvalue weighted by molar-refractivity contribution is 7.89. The van der Waals surface area contributed by atoms with Crippen LogP contribution in [-0.4, -0.2) is 60.9 Å². The van der Waals surface area contributed by atoms with Crippen molar-refractivity contribution in [1.82, 2.24) is 9.21 Å². The molecule has 0 bridgehead atoms. The Labute approximate surface area is 153 Å². The number of carboxylic acid groups (broad SMARTS) is 1. The van der Waals surface area contributed by atoms with E-state index in [0.717, 1.165) is 0 Å². The number of aliphatic carboxylic acids is 1. The predicted molar refractivity (Wildman–Crippen MR) is 97.5 cm³/mol. The van der Waals surface area contributed by atoms with Crippen LogP contribution in [0.5, 0.6) is 0 Å². The summed E-state index contributed by atoms with van der Waals surface area (Å²) in [4.78, 5) is 25.0. The summed E-state index contributed by atoms with van der Waals surface area (Å²) in [5.74, 6) is -1.44. The van der Waals surface area contributed by atoms with Gasteiger partial charge in [-0.25, -0.2) is 13.2 Å². The number of carbonyl (C=O) groups excluding carboxylic acids is 1. The second kappa shape index (κ2) is 8.05. The SMILES string of the molecule is CC(C)N(C)S(=O)(=O)c1ccc(NC(=O)N2CCCC(C(=O)O)C2)cc1. The van der Waals surface area contributed by atoms with E-state index < -0.39 is 21.9 Å². The van der Waals surface area contributed by atoms with Gasteiger partial charge in [0.1, 0.15) is 0 Å². The van der Waals surface area contributed by atoms with Gasteiger partial charge >= 0.3 is 12.0 Å². The molecule has 0 radical (unpaired) electrons. The number of nitrogens with one attached hydrogen (secondary N) is 1. The van der Waals surface area contributed by atoms with Gasteiger partial charge in [0, 0.05) is 31.9 Å². The molecule has 1 heterocycles. The Morgan fingerprint density at radius 1 is 1.27 bits per heavy atom. The number of nitrogens with zero attached hydrogens (tertiary/aromatic N) is 2. The molecule has 1 saturated heterocycles. The second-order valence-electron chi connectivity index (χ2n) is 6.69. The van der Waals surface area contributed by atoms with Crippen LogP contribution in [0.25, 0.3) is 0 Å². The van der Waals surface area contributed by atoms with E-state index in [4.69, 9.17) is 5.11 Å². The third-order valence-corrected chi connectivity index (χ3v) is 6.62. The summed E-state index contributed by atoms with van der Waals surface area (Å²) in [6.45, 7) is 4.25. The normalized spacial score (nSPS) is 18.2. The molecule has 144 valence electrons. The van der Waals surface area contributed by atoms with Crippen molar-refractivity contribution in [2.45, 2.75) is 37.6 Å². The van der Waals surface area contributed by atoms with Gasteiger partial charge in [-0.1, -0.05) is 0 Å². The number of urea groups is 1. The van der Waals surface area contributed by atoms with E-state index in [-0.39, 0.29) is 23.5 Å². The van der Waals surface area contributed by atoms with Crippen molar-refractivity contribution in [3.05, 3.63) is 24.3 Å². The minimum atomic E-state index is -3.58. The van der Waals surface area contributed by atoms with Gasteiger partial charge in [0.25, 0.3) is 0 Å². The molecule has 1 aliphatic rings. The molecule has 26 heavy (non-hydrogen) atoms. The topological polar surface area (TPSA) is 107 Å². The largest absolute Gasteiger partial charge is 0.481 e. The molecule has 0 saturated carbocycles. The Balaban J connectivity index is 2.05. The fourth-order valence-electron chi connectivity index (χ4n) is 2.72. The van der Waals surface area contributed by atoms with E-state index in [1.165, 1.54) is 40.5 Å². The fraction of sp³-hybridized carbons (Fsp3) is 0.529. The Morgan fingerprint density at radius 2 is 1.88 bits per heavy atom. The molecular formula is C17H25N3O5S. The molecule has 1 aromatic rings. The lowest BCUT2D eigenvalue weighted by molar-refractivity contribution is -0.143. The molecule has 1 aromatic carbocycles. The summed E-state index contributed by atoms with van der Waals surface area (Å²) in [5.41, 5.74) is 0.457. The minimum absolute atomic E-state index is 0.149. The molecule has 2 rings (SSSR count). The molecule has 1 fully saturated rings. The highest BCUT2D eigenvalue weighted by atomic mass is 32.2.